The zero-order chi connectivity index (χ0) is 52.6. The zero-order valence-electron chi connectivity index (χ0n) is 36.1. The molecule has 0 saturated carbocycles. The number of nitrogens with one attached hydrogen (secondary N) is 5. The van der Waals surface area contributed by atoms with Gasteiger partial charge in [0.15, 0.2) is 23.8 Å². The molecule has 0 spiro atoms. The van der Waals surface area contributed by atoms with Gasteiger partial charge in [-0.2, -0.15) is 0 Å². The van der Waals surface area contributed by atoms with E-state index in [2.05, 4.69) is 35.6 Å². The van der Waals surface area contributed by atoms with Crippen LogP contribution >= 0.6 is 0 Å². The molecule has 0 aliphatic rings. The van der Waals surface area contributed by atoms with Crippen LogP contribution in [-0.2, 0) is 35.3 Å². The summed E-state index contributed by atoms with van der Waals surface area (Å²) in [5.74, 6) is -12.8. The number of aliphatic hydroxyl groups excluding tert-OH is 1. The molecule has 6 amide bonds. The number of phenols is 1. The van der Waals surface area contributed by atoms with Crippen LogP contribution in [0.5, 0.6) is 11.5 Å². The molecular formula is C35H46N22O13. The van der Waals surface area contributed by atoms with Gasteiger partial charge in [0.05, 0.1) is 29.6 Å². The molecule has 0 aliphatic carbocycles. The number of nitrogens with two attached hydrogens (primary N) is 9. The quantitative estimate of drug-likeness (QED) is 0.0138. The molecule has 0 saturated heterocycles. The van der Waals surface area contributed by atoms with Crippen molar-refractivity contribution in [3.63, 3.8) is 0 Å². The van der Waals surface area contributed by atoms with Gasteiger partial charge < -0.3 is 98.0 Å². The molecule has 3 aromatic rings. The molecule has 2 aromatic carbocycles. The average molecular weight is 983 g/mol. The van der Waals surface area contributed by atoms with Gasteiger partial charge in [0.25, 0.3) is 35.2 Å². The number of amides is 6. The molecule has 374 valence electrons. The highest BCUT2D eigenvalue weighted by Gasteiger charge is 2.37. The number of anilines is 1. The summed E-state index contributed by atoms with van der Waals surface area (Å²) in [6.07, 6.45) is -10.5. The number of benzene rings is 2. The number of ether oxygens (including phenoxy) is 1. The van der Waals surface area contributed by atoms with Gasteiger partial charge in [-0.05, 0) is 23.8 Å². The second kappa shape index (κ2) is 24.3. The van der Waals surface area contributed by atoms with Crippen LogP contribution in [0.4, 0.5) is 17.2 Å². The van der Waals surface area contributed by atoms with Crippen molar-refractivity contribution in [3.8, 4) is 11.5 Å². The summed E-state index contributed by atoms with van der Waals surface area (Å²) in [6.45, 7) is -0.772. The van der Waals surface area contributed by atoms with Gasteiger partial charge in [-0.15, -0.1) is 0 Å². The average Bonchev–Trinajstić information content (AvgIpc) is 3.28. The Bertz CT molecular complexity index is 2600. The number of aromatic nitrogens is 1. The van der Waals surface area contributed by atoms with Crippen molar-refractivity contribution in [3.05, 3.63) is 92.1 Å². The van der Waals surface area contributed by atoms with Crippen molar-refractivity contribution in [1.82, 2.24) is 31.6 Å². The summed E-state index contributed by atoms with van der Waals surface area (Å²) in [7, 11) is 1.27. The summed E-state index contributed by atoms with van der Waals surface area (Å²) in [5, 5.41) is 56.3. The van der Waals surface area contributed by atoms with Crippen molar-refractivity contribution >= 4 is 76.5 Å². The predicted molar refractivity (Wildman–Crippen MR) is 242 cm³/mol. The Morgan fingerprint density at radius 1 is 0.671 bits per heavy atom. The lowest BCUT2D eigenvalue weighted by atomic mass is 10.1. The van der Waals surface area contributed by atoms with Crippen LogP contribution < -0.4 is 87.8 Å². The Morgan fingerprint density at radius 2 is 1.14 bits per heavy atom. The molecule has 1 heterocycles. The number of nitrogens with zero attached hydrogens (tertiary/aromatic N) is 8. The summed E-state index contributed by atoms with van der Waals surface area (Å²) in [5.41, 5.74) is 46.5. The van der Waals surface area contributed by atoms with Gasteiger partial charge in [0.2, 0.25) is 42.6 Å². The monoisotopic (exact) mass is 982 g/mol. The highest BCUT2D eigenvalue weighted by atomic mass is 16.6. The molecule has 0 aliphatic heterocycles. The maximum Gasteiger partial charge on any atom is 0.318 e. The minimum Gasteiger partial charge on any atom is -0.508 e. The standard InChI is InChI=1S/C35H46N22O13/c1-70-16-7-8-18(58)14(9-16)12-55(25-17(57(68)69)10-15(11-45-25)56(66)67)31(65)30(64)46-19(13-5-3-2-4-6-13)26(60)48-22(52-33(39)40)28(62)50-24(54-35(43)44)29(63)49-23(53-34(41)42)27(61)47-21(20(36)59)51-32(37)38/h2-11,19,21-24,31,58,65H,12H2,1H3,(H2,36,59)(H,46,64)(H,47,61)(H,48,60)(H,49,63)(H,50,62)(H4,37,38,51)(H4,39,40,52)(H4,41,42,53)(H4,43,44,54). The summed E-state index contributed by atoms with van der Waals surface area (Å²) >= 11 is 0. The number of carbonyl (C=O) groups excluding carboxylic acids is 6. The van der Waals surface area contributed by atoms with Gasteiger partial charge >= 0.3 is 5.69 Å². The number of pyridine rings is 1. The third-order valence-corrected chi connectivity index (χ3v) is 8.59. The molecule has 0 radical (unpaired) electrons. The fourth-order valence-electron chi connectivity index (χ4n) is 5.56. The van der Waals surface area contributed by atoms with Crippen molar-refractivity contribution in [2.75, 3.05) is 12.0 Å². The van der Waals surface area contributed by atoms with Gasteiger partial charge in [-0.1, -0.05) is 30.3 Å². The first-order chi connectivity index (χ1) is 32.8. The smallest absolute Gasteiger partial charge is 0.318 e. The van der Waals surface area contributed by atoms with Crippen LogP contribution in [0.2, 0.25) is 0 Å². The van der Waals surface area contributed by atoms with E-state index in [1.807, 2.05) is 16.0 Å². The van der Waals surface area contributed by atoms with E-state index in [9.17, 15) is 59.2 Å². The molecule has 25 N–H and O–H groups in total. The number of nitro groups is 2. The molecule has 1 aromatic heterocycles. The number of carbonyl (C=O) groups is 6. The molecule has 6 atom stereocenters. The summed E-state index contributed by atoms with van der Waals surface area (Å²) in [4.78, 5) is 121. The first-order valence-corrected chi connectivity index (χ1v) is 19.1. The minimum absolute atomic E-state index is 0.0546. The third kappa shape index (κ3) is 15.4. The van der Waals surface area contributed by atoms with Gasteiger partial charge in [0.1, 0.15) is 23.7 Å². The van der Waals surface area contributed by atoms with E-state index in [1.165, 1.54) is 49.6 Å². The Kier molecular flexibility index (Phi) is 18.7. The van der Waals surface area contributed by atoms with E-state index in [0.29, 0.717) is 17.2 Å². The number of hydrogen-bond acceptors (Lipinski definition) is 19. The molecule has 35 nitrogen and oxygen atoms in total. The number of guanidine groups is 4. The maximum absolute atomic E-state index is 14.2. The highest BCUT2D eigenvalue weighted by Crippen LogP contribution is 2.34. The SMILES string of the molecule is COc1ccc(O)c(CN(c2ncc([N+](=O)[O-])cc2[N+](=O)[O-])C(O)C(=O)NC(C(=O)NC(N=C(N)N)C(=O)NC(N=C(N)N)C(=O)NC(N=C(N)N)C(=O)NC(N=C(N)N)C(N)=O)c2ccccc2)c1. The van der Waals surface area contributed by atoms with E-state index in [1.54, 1.807) is 0 Å². The molecule has 35 heteroatoms. The van der Waals surface area contributed by atoms with Crippen LogP contribution in [0, 0.1) is 20.2 Å². The van der Waals surface area contributed by atoms with Gasteiger partial charge in [-0.25, -0.2) is 25.0 Å². The van der Waals surface area contributed by atoms with Crippen LogP contribution in [0.1, 0.15) is 17.2 Å². The van der Waals surface area contributed by atoms with Crippen LogP contribution in [0.25, 0.3) is 0 Å². The van der Waals surface area contributed by atoms with Crippen LogP contribution in [-0.4, -0.2) is 122 Å². The fraction of sp³-hybridized carbons (Fsp3) is 0.229. The van der Waals surface area contributed by atoms with Gasteiger partial charge in [-0.3, -0.25) is 49.0 Å². The Labute approximate surface area is 391 Å². The second-order valence-electron chi connectivity index (χ2n) is 13.7. The molecule has 3 rings (SSSR count). The number of methoxy groups -OCH3 is 1. The fourth-order valence-corrected chi connectivity index (χ4v) is 5.56. The second-order valence-corrected chi connectivity index (χ2v) is 13.7. The number of aromatic hydroxyl groups is 1. The Hall–Kier alpha value is -10.4. The highest BCUT2D eigenvalue weighted by molar-refractivity contribution is 5.99. The normalized spacial score (nSPS) is 13.0. The molecular weight excluding hydrogens is 937 g/mol. The third-order valence-electron chi connectivity index (χ3n) is 8.59. The van der Waals surface area contributed by atoms with E-state index >= 15 is 0 Å². The lowest BCUT2D eigenvalue weighted by Crippen LogP contribution is -2.58. The van der Waals surface area contributed by atoms with Crippen LogP contribution in [0.15, 0.2) is 80.8 Å². The number of aliphatic hydroxyl groups is 1. The minimum atomic E-state index is -2.58. The maximum atomic E-state index is 14.2. The number of rotatable bonds is 23. The topological polar surface area (TPSA) is 598 Å². The zero-order valence-corrected chi connectivity index (χ0v) is 36.1. The Balaban J connectivity index is 2.04. The molecule has 0 fully saturated rings. The summed E-state index contributed by atoms with van der Waals surface area (Å²) in [6, 6.07) is 9.20. The van der Waals surface area contributed by atoms with Crippen molar-refractivity contribution in [1.29, 1.82) is 0 Å². The van der Waals surface area contributed by atoms with Gasteiger partial charge in [0, 0.05) is 5.56 Å². The number of aliphatic imine (C=N–C) groups is 4. The lowest BCUT2D eigenvalue weighted by molar-refractivity contribution is -0.394. The molecule has 0 bridgehead atoms. The first-order valence-electron chi connectivity index (χ1n) is 19.1. The van der Waals surface area contributed by atoms with Crippen LogP contribution in [0.3, 0.4) is 0 Å². The van der Waals surface area contributed by atoms with Crippen molar-refractivity contribution in [2.24, 2.45) is 71.6 Å². The number of phenolic OH excluding ortho intramolecular Hbond substituents is 1. The lowest BCUT2D eigenvalue weighted by Gasteiger charge is -2.30. The van der Waals surface area contributed by atoms with E-state index in [0.717, 1.165) is 6.07 Å². The molecule has 6 unspecified atom stereocenters. The summed E-state index contributed by atoms with van der Waals surface area (Å²) < 4.78 is 5.17. The van der Waals surface area contributed by atoms with E-state index < -0.39 is 136 Å². The predicted octanol–water partition coefficient (Wildman–Crippen LogP) is -7.86. The largest absolute Gasteiger partial charge is 0.508 e. The molecule has 70 heavy (non-hydrogen) atoms. The number of primary amides is 1. The van der Waals surface area contributed by atoms with Crippen molar-refractivity contribution in [2.45, 2.75) is 43.5 Å². The van der Waals surface area contributed by atoms with Crippen molar-refractivity contribution < 1.29 is 53.6 Å². The Morgan fingerprint density at radius 3 is 1.59 bits per heavy atom. The van der Waals surface area contributed by atoms with E-state index in [-0.39, 0.29) is 16.9 Å². The number of hydrogen-bond donors (Lipinski definition) is 16. The first kappa shape index (κ1) is 54.0. The van der Waals surface area contributed by atoms with E-state index in [4.69, 9.17) is 56.3 Å².